The lowest BCUT2D eigenvalue weighted by Gasteiger charge is -2.15. The largest absolute Gasteiger partial charge is 0.434 e. The van der Waals surface area contributed by atoms with Crippen LogP contribution in [0, 0.1) is 5.41 Å². The number of allylic oxidation sites excluding steroid dienone is 2. The van der Waals surface area contributed by atoms with E-state index in [9.17, 15) is 4.79 Å². The second-order valence-electron chi connectivity index (χ2n) is 2.58. The predicted molar refractivity (Wildman–Crippen MR) is 42.7 cm³/mol. The van der Waals surface area contributed by atoms with Crippen molar-refractivity contribution in [2.75, 3.05) is 0 Å². The zero-order valence-corrected chi connectivity index (χ0v) is 6.41. The smallest absolute Gasteiger partial charge is 0.324 e. The number of ether oxygens (including phenoxy) is 1. The Hall–Kier alpha value is -1.31. The summed E-state index contributed by atoms with van der Waals surface area (Å²) in [6, 6.07) is 0. The van der Waals surface area contributed by atoms with Crippen LogP contribution in [0.25, 0.3) is 0 Å². The van der Waals surface area contributed by atoms with E-state index in [4.69, 9.17) is 4.74 Å². The fraction of sp³-hybridized carbons (Fsp3) is 0.222. The molecule has 0 aromatic rings. The normalized spacial score (nSPS) is 29.4. The topological polar surface area (TPSA) is 26.3 Å². The van der Waals surface area contributed by atoms with Crippen molar-refractivity contribution in [3.05, 3.63) is 37.1 Å². The van der Waals surface area contributed by atoms with Crippen molar-refractivity contribution in [3.63, 3.8) is 0 Å². The maximum atomic E-state index is 11.2. The van der Waals surface area contributed by atoms with Gasteiger partial charge in [-0.05, 0) is 13.0 Å². The molecule has 0 aliphatic carbocycles. The fourth-order valence-corrected chi connectivity index (χ4v) is 0.748. The van der Waals surface area contributed by atoms with Crippen LogP contribution < -0.4 is 0 Å². The van der Waals surface area contributed by atoms with Crippen LogP contribution in [0.2, 0.25) is 0 Å². The highest BCUT2D eigenvalue weighted by atomic mass is 16.5. The summed E-state index contributed by atoms with van der Waals surface area (Å²) in [5.41, 5.74) is -0.677. The molecule has 1 atom stereocenters. The minimum atomic E-state index is -0.677. The van der Waals surface area contributed by atoms with Crippen molar-refractivity contribution >= 4 is 5.97 Å². The molecule has 0 radical (unpaired) electrons. The zero-order chi connectivity index (χ0) is 8.32. The minimum absolute atomic E-state index is 0.294. The number of hydrogen-bond donors (Lipinski definition) is 0. The molecule has 58 valence electrons. The molecule has 0 spiro atoms. The van der Waals surface area contributed by atoms with Crippen LogP contribution in [0.3, 0.4) is 0 Å². The molecule has 1 unspecified atom stereocenters. The molecule has 0 aromatic carbocycles. The molecule has 0 saturated heterocycles. The third kappa shape index (κ3) is 1.40. The second kappa shape index (κ2) is 2.74. The summed E-state index contributed by atoms with van der Waals surface area (Å²) >= 11 is 0. The molecule has 0 aromatic heterocycles. The van der Waals surface area contributed by atoms with Crippen LogP contribution in [0.4, 0.5) is 0 Å². The standard InChI is InChI=1S/C9H10O2/c1-3-9(2)6-4-5-7-11-8(9)10/h3-7H,1H2,2H3. The van der Waals surface area contributed by atoms with E-state index in [-0.39, 0.29) is 5.97 Å². The van der Waals surface area contributed by atoms with Crippen LogP contribution in [0.1, 0.15) is 6.92 Å². The van der Waals surface area contributed by atoms with Gasteiger partial charge in [0.15, 0.2) is 0 Å². The first-order valence-electron chi connectivity index (χ1n) is 3.38. The lowest BCUT2D eigenvalue weighted by molar-refractivity contribution is -0.143. The maximum Gasteiger partial charge on any atom is 0.324 e. The number of carbonyl (C=O) groups is 1. The average Bonchev–Trinajstić information content (AvgIpc) is 2.16. The lowest BCUT2D eigenvalue weighted by atomic mass is 9.91. The number of cyclic esters (lactones) is 1. The van der Waals surface area contributed by atoms with Crippen molar-refractivity contribution in [3.8, 4) is 0 Å². The lowest BCUT2D eigenvalue weighted by Crippen LogP contribution is -2.23. The summed E-state index contributed by atoms with van der Waals surface area (Å²) in [6.45, 7) is 5.32. The second-order valence-corrected chi connectivity index (χ2v) is 2.58. The van der Waals surface area contributed by atoms with Gasteiger partial charge in [-0.2, -0.15) is 0 Å². The van der Waals surface area contributed by atoms with Crippen LogP contribution in [0.5, 0.6) is 0 Å². The summed E-state index contributed by atoms with van der Waals surface area (Å²) in [6.07, 6.45) is 8.14. The molecule has 2 heteroatoms. The minimum Gasteiger partial charge on any atom is -0.434 e. The van der Waals surface area contributed by atoms with Crippen molar-refractivity contribution in [1.82, 2.24) is 0 Å². The van der Waals surface area contributed by atoms with Crippen LogP contribution in [-0.4, -0.2) is 5.97 Å². The average molecular weight is 150 g/mol. The third-order valence-corrected chi connectivity index (χ3v) is 1.67. The summed E-state index contributed by atoms with van der Waals surface area (Å²) in [5, 5.41) is 0. The Morgan fingerprint density at radius 2 is 2.36 bits per heavy atom. The Morgan fingerprint density at radius 1 is 1.64 bits per heavy atom. The van der Waals surface area contributed by atoms with E-state index in [2.05, 4.69) is 6.58 Å². The van der Waals surface area contributed by atoms with Gasteiger partial charge in [-0.25, -0.2) is 0 Å². The first-order valence-corrected chi connectivity index (χ1v) is 3.38. The van der Waals surface area contributed by atoms with Crippen molar-refractivity contribution < 1.29 is 9.53 Å². The molecule has 0 fully saturated rings. The van der Waals surface area contributed by atoms with E-state index >= 15 is 0 Å². The molecule has 0 bridgehead atoms. The van der Waals surface area contributed by atoms with Crippen LogP contribution >= 0.6 is 0 Å². The summed E-state index contributed by atoms with van der Waals surface area (Å²) in [4.78, 5) is 11.2. The first kappa shape index (κ1) is 7.79. The van der Waals surface area contributed by atoms with Gasteiger partial charge in [0.05, 0.1) is 6.26 Å². The van der Waals surface area contributed by atoms with Crippen LogP contribution in [0.15, 0.2) is 37.1 Å². The fourth-order valence-electron chi connectivity index (χ4n) is 0.748. The molecule has 0 saturated carbocycles. The summed E-state index contributed by atoms with van der Waals surface area (Å²) < 4.78 is 4.76. The van der Waals surface area contributed by atoms with Crippen molar-refractivity contribution in [2.45, 2.75) is 6.92 Å². The number of esters is 1. The number of rotatable bonds is 1. The van der Waals surface area contributed by atoms with Gasteiger partial charge >= 0.3 is 5.97 Å². The molecular formula is C9H10O2. The molecular weight excluding hydrogens is 140 g/mol. The predicted octanol–water partition coefficient (Wildman–Crippen LogP) is 1.81. The molecule has 1 heterocycles. The van der Waals surface area contributed by atoms with E-state index in [1.54, 1.807) is 31.2 Å². The van der Waals surface area contributed by atoms with Gasteiger partial charge in [0.1, 0.15) is 5.41 Å². The molecule has 0 amide bonds. The van der Waals surface area contributed by atoms with Gasteiger partial charge < -0.3 is 4.74 Å². The molecule has 0 N–H and O–H groups in total. The quantitative estimate of drug-likeness (QED) is 0.421. The Kier molecular flexibility index (Phi) is 1.94. The van der Waals surface area contributed by atoms with Gasteiger partial charge in [0.2, 0.25) is 0 Å². The van der Waals surface area contributed by atoms with Crippen molar-refractivity contribution in [2.24, 2.45) is 5.41 Å². The molecule has 11 heavy (non-hydrogen) atoms. The summed E-state index contributed by atoms with van der Waals surface area (Å²) in [7, 11) is 0. The van der Waals surface area contributed by atoms with Crippen molar-refractivity contribution in [1.29, 1.82) is 0 Å². The highest BCUT2D eigenvalue weighted by Gasteiger charge is 2.28. The molecule has 2 nitrogen and oxygen atoms in total. The summed E-state index contributed by atoms with van der Waals surface area (Å²) in [5.74, 6) is -0.294. The SMILES string of the molecule is C=CC1(C)C=CC=COC1=O. The van der Waals surface area contributed by atoms with Gasteiger partial charge in [0.25, 0.3) is 0 Å². The van der Waals surface area contributed by atoms with E-state index in [1.807, 2.05) is 0 Å². The van der Waals surface area contributed by atoms with E-state index in [1.165, 1.54) is 6.26 Å². The third-order valence-electron chi connectivity index (χ3n) is 1.67. The van der Waals surface area contributed by atoms with E-state index in [0.717, 1.165) is 0 Å². The monoisotopic (exact) mass is 150 g/mol. The Balaban J connectivity index is 2.96. The Morgan fingerprint density at radius 3 is 3.00 bits per heavy atom. The number of carbonyl (C=O) groups excluding carboxylic acids is 1. The van der Waals surface area contributed by atoms with Gasteiger partial charge in [-0.1, -0.05) is 18.2 Å². The van der Waals surface area contributed by atoms with Crippen LogP contribution in [-0.2, 0) is 9.53 Å². The van der Waals surface area contributed by atoms with Gasteiger partial charge in [0, 0.05) is 0 Å². The highest BCUT2D eigenvalue weighted by Crippen LogP contribution is 2.23. The van der Waals surface area contributed by atoms with E-state index < -0.39 is 5.41 Å². The van der Waals surface area contributed by atoms with Gasteiger partial charge in [-0.15, -0.1) is 6.58 Å². The molecule has 1 rings (SSSR count). The molecule has 1 aliphatic heterocycles. The zero-order valence-electron chi connectivity index (χ0n) is 6.41. The first-order chi connectivity index (χ1) is 5.19. The highest BCUT2D eigenvalue weighted by molar-refractivity contribution is 5.81. The Labute approximate surface area is 65.9 Å². The molecule has 1 aliphatic rings. The van der Waals surface area contributed by atoms with Gasteiger partial charge in [-0.3, -0.25) is 4.79 Å². The van der Waals surface area contributed by atoms with E-state index in [0.29, 0.717) is 0 Å². The maximum absolute atomic E-state index is 11.2. The number of hydrogen-bond acceptors (Lipinski definition) is 2. The Bertz CT molecular complexity index is 238.